The van der Waals surface area contributed by atoms with Gasteiger partial charge < -0.3 is 15.0 Å². The molecule has 1 heterocycles. The number of aromatic nitrogens is 1. The van der Waals surface area contributed by atoms with Gasteiger partial charge in [-0.1, -0.05) is 6.42 Å². The van der Waals surface area contributed by atoms with Crippen LogP contribution in [-0.2, 0) is 4.79 Å². The summed E-state index contributed by atoms with van der Waals surface area (Å²) in [7, 11) is 0. The number of unbranched alkanes of at least 4 members (excludes halogenated alkanes) is 2. The zero-order valence-corrected chi connectivity index (χ0v) is 13.4. The number of nitrogens with zero attached hydrogens (tertiary/aromatic N) is 1. The predicted octanol–water partition coefficient (Wildman–Crippen LogP) is 3.06. The molecule has 0 saturated carbocycles. The van der Waals surface area contributed by atoms with Gasteiger partial charge in [-0.2, -0.15) is 0 Å². The van der Waals surface area contributed by atoms with Crippen LogP contribution >= 0.6 is 0 Å². The SMILES string of the molecule is Cc1cc(C(=O)NCCCCCC(=O)O)c(C)n1C(C)C. The van der Waals surface area contributed by atoms with E-state index in [0.29, 0.717) is 19.0 Å². The normalized spacial score (nSPS) is 10.9. The summed E-state index contributed by atoms with van der Waals surface area (Å²) in [5.41, 5.74) is 2.81. The number of rotatable bonds is 8. The Hall–Kier alpha value is -1.78. The first kappa shape index (κ1) is 17.3. The Morgan fingerprint density at radius 2 is 1.90 bits per heavy atom. The summed E-state index contributed by atoms with van der Waals surface area (Å²) in [5.74, 6) is -0.812. The van der Waals surface area contributed by atoms with Crippen molar-refractivity contribution in [2.24, 2.45) is 0 Å². The number of hydrogen-bond acceptors (Lipinski definition) is 2. The zero-order chi connectivity index (χ0) is 16.0. The number of hydrogen-bond donors (Lipinski definition) is 2. The van der Waals surface area contributed by atoms with E-state index in [-0.39, 0.29) is 12.3 Å². The molecule has 0 aromatic carbocycles. The van der Waals surface area contributed by atoms with Gasteiger partial charge in [-0.05, 0) is 46.6 Å². The molecule has 0 unspecified atom stereocenters. The maximum absolute atomic E-state index is 12.2. The second-order valence-corrected chi connectivity index (χ2v) is 5.71. The summed E-state index contributed by atoms with van der Waals surface area (Å²) >= 11 is 0. The highest BCUT2D eigenvalue weighted by Gasteiger charge is 2.16. The van der Waals surface area contributed by atoms with E-state index in [0.717, 1.165) is 29.8 Å². The summed E-state index contributed by atoms with van der Waals surface area (Å²) in [6, 6.07) is 2.26. The number of aliphatic carboxylic acids is 1. The average molecular weight is 294 g/mol. The molecule has 0 fully saturated rings. The molecule has 0 aliphatic heterocycles. The lowest BCUT2D eigenvalue weighted by molar-refractivity contribution is -0.137. The van der Waals surface area contributed by atoms with Gasteiger partial charge in [0.05, 0.1) is 5.56 Å². The Labute approximate surface area is 126 Å². The number of aryl methyl sites for hydroxylation is 1. The van der Waals surface area contributed by atoms with E-state index < -0.39 is 5.97 Å². The minimum absolute atomic E-state index is 0.0479. The molecule has 0 saturated heterocycles. The molecule has 5 heteroatoms. The largest absolute Gasteiger partial charge is 0.481 e. The van der Waals surface area contributed by atoms with Crippen LogP contribution in [0.15, 0.2) is 6.07 Å². The molecular weight excluding hydrogens is 268 g/mol. The number of amides is 1. The first-order valence-corrected chi connectivity index (χ1v) is 7.53. The maximum atomic E-state index is 12.2. The highest BCUT2D eigenvalue weighted by Crippen LogP contribution is 2.19. The van der Waals surface area contributed by atoms with Gasteiger partial charge in [-0.3, -0.25) is 9.59 Å². The predicted molar refractivity (Wildman–Crippen MR) is 82.7 cm³/mol. The summed E-state index contributed by atoms with van der Waals surface area (Å²) in [4.78, 5) is 22.6. The highest BCUT2D eigenvalue weighted by atomic mass is 16.4. The van der Waals surface area contributed by atoms with E-state index in [9.17, 15) is 9.59 Å². The van der Waals surface area contributed by atoms with Crippen molar-refractivity contribution in [3.05, 3.63) is 23.0 Å². The number of carbonyl (C=O) groups is 2. The lowest BCUT2D eigenvalue weighted by atomic mass is 10.2. The molecule has 1 rings (SSSR count). The zero-order valence-electron chi connectivity index (χ0n) is 13.4. The Bertz CT molecular complexity index is 504. The quantitative estimate of drug-likeness (QED) is 0.724. The van der Waals surface area contributed by atoms with E-state index in [1.807, 2.05) is 19.9 Å². The van der Waals surface area contributed by atoms with Crippen molar-refractivity contribution in [1.29, 1.82) is 0 Å². The Kier molecular flexibility index (Phi) is 6.46. The molecule has 0 aliphatic rings. The molecule has 0 atom stereocenters. The molecule has 0 bridgehead atoms. The lowest BCUT2D eigenvalue weighted by Gasteiger charge is -2.13. The van der Waals surface area contributed by atoms with Gasteiger partial charge in [-0.25, -0.2) is 0 Å². The Morgan fingerprint density at radius 1 is 1.24 bits per heavy atom. The van der Waals surface area contributed by atoms with E-state index in [2.05, 4.69) is 23.7 Å². The van der Waals surface area contributed by atoms with Crippen molar-refractivity contribution in [2.75, 3.05) is 6.54 Å². The Morgan fingerprint density at radius 3 is 2.43 bits per heavy atom. The number of nitrogens with one attached hydrogen (secondary N) is 1. The Balaban J connectivity index is 2.46. The van der Waals surface area contributed by atoms with Gasteiger partial charge >= 0.3 is 5.97 Å². The van der Waals surface area contributed by atoms with E-state index in [4.69, 9.17) is 5.11 Å². The molecular formula is C16H26N2O3. The highest BCUT2D eigenvalue weighted by molar-refractivity contribution is 5.95. The third kappa shape index (κ3) is 4.92. The smallest absolute Gasteiger partial charge is 0.303 e. The van der Waals surface area contributed by atoms with Crippen LogP contribution in [0.4, 0.5) is 0 Å². The van der Waals surface area contributed by atoms with Gasteiger partial charge in [0.1, 0.15) is 0 Å². The van der Waals surface area contributed by atoms with Crippen LogP contribution in [0, 0.1) is 13.8 Å². The number of carboxylic acid groups (broad SMARTS) is 1. The minimum Gasteiger partial charge on any atom is -0.481 e. The van der Waals surface area contributed by atoms with Crippen LogP contribution in [0.2, 0.25) is 0 Å². The van der Waals surface area contributed by atoms with Crippen LogP contribution in [0.25, 0.3) is 0 Å². The second-order valence-electron chi connectivity index (χ2n) is 5.71. The van der Waals surface area contributed by atoms with Crippen LogP contribution in [0.1, 0.15) is 67.3 Å². The fraction of sp³-hybridized carbons (Fsp3) is 0.625. The summed E-state index contributed by atoms with van der Waals surface area (Å²) in [6.45, 7) is 8.77. The minimum atomic E-state index is -0.764. The number of carbonyl (C=O) groups excluding carboxylic acids is 1. The topological polar surface area (TPSA) is 71.3 Å². The summed E-state index contributed by atoms with van der Waals surface area (Å²) in [5, 5.41) is 11.4. The average Bonchev–Trinajstić information content (AvgIpc) is 2.68. The van der Waals surface area contributed by atoms with Crippen molar-refractivity contribution >= 4 is 11.9 Å². The van der Waals surface area contributed by atoms with Gasteiger partial charge in [0.25, 0.3) is 5.91 Å². The molecule has 21 heavy (non-hydrogen) atoms. The third-order valence-corrected chi connectivity index (χ3v) is 3.60. The molecule has 0 aliphatic carbocycles. The summed E-state index contributed by atoms with van der Waals surface area (Å²) < 4.78 is 2.15. The standard InChI is InChI=1S/C16H26N2O3/c1-11(2)18-12(3)10-14(13(18)4)16(21)17-9-7-5-6-8-15(19)20/h10-11H,5-9H2,1-4H3,(H,17,21)(H,19,20). The molecule has 1 amide bonds. The first-order chi connectivity index (χ1) is 9.84. The van der Waals surface area contributed by atoms with Crippen molar-refractivity contribution in [3.63, 3.8) is 0 Å². The molecule has 118 valence electrons. The molecule has 2 N–H and O–H groups in total. The fourth-order valence-corrected chi connectivity index (χ4v) is 2.68. The van der Waals surface area contributed by atoms with Crippen molar-refractivity contribution in [2.45, 2.75) is 59.4 Å². The molecule has 0 spiro atoms. The van der Waals surface area contributed by atoms with Crippen LogP contribution in [-0.4, -0.2) is 28.1 Å². The van der Waals surface area contributed by atoms with Crippen molar-refractivity contribution in [3.8, 4) is 0 Å². The van der Waals surface area contributed by atoms with Gasteiger partial charge in [0.15, 0.2) is 0 Å². The molecule has 1 aromatic rings. The molecule has 5 nitrogen and oxygen atoms in total. The van der Waals surface area contributed by atoms with Crippen LogP contribution < -0.4 is 5.32 Å². The summed E-state index contributed by atoms with van der Waals surface area (Å²) in [6.07, 6.45) is 2.48. The van der Waals surface area contributed by atoms with E-state index in [1.165, 1.54) is 0 Å². The second kappa shape index (κ2) is 7.86. The van der Waals surface area contributed by atoms with Crippen molar-refractivity contribution in [1.82, 2.24) is 9.88 Å². The molecule has 1 aromatic heterocycles. The van der Waals surface area contributed by atoms with Crippen molar-refractivity contribution < 1.29 is 14.7 Å². The van der Waals surface area contributed by atoms with Crippen LogP contribution in [0.3, 0.4) is 0 Å². The maximum Gasteiger partial charge on any atom is 0.303 e. The monoisotopic (exact) mass is 294 g/mol. The van der Waals surface area contributed by atoms with Gasteiger partial charge in [0, 0.05) is 30.4 Å². The number of carboxylic acids is 1. The van der Waals surface area contributed by atoms with E-state index in [1.54, 1.807) is 0 Å². The van der Waals surface area contributed by atoms with Gasteiger partial charge in [0.2, 0.25) is 0 Å². The van der Waals surface area contributed by atoms with E-state index >= 15 is 0 Å². The van der Waals surface area contributed by atoms with Crippen LogP contribution in [0.5, 0.6) is 0 Å². The third-order valence-electron chi connectivity index (χ3n) is 3.60. The fourth-order valence-electron chi connectivity index (χ4n) is 2.68. The molecule has 0 radical (unpaired) electrons. The van der Waals surface area contributed by atoms with Gasteiger partial charge in [-0.15, -0.1) is 0 Å². The lowest BCUT2D eigenvalue weighted by Crippen LogP contribution is -2.25. The first-order valence-electron chi connectivity index (χ1n) is 7.53.